The van der Waals surface area contributed by atoms with Gasteiger partial charge in [-0.3, -0.25) is 5.43 Å². The van der Waals surface area contributed by atoms with Gasteiger partial charge in [0.15, 0.2) is 11.5 Å². The smallest absolute Gasteiger partial charge is 0.203 e. The van der Waals surface area contributed by atoms with E-state index in [4.69, 9.17) is 21.1 Å². The molecule has 30 heavy (non-hydrogen) atoms. The lowest BCUT2D eigenvalue weighted by Crippen LogP contribution is -2.02. The third-order valence-corrected chi connectivity index (χ3v) is 5.35. The van der Waals surface area contributed by atoms with Crippen molar-refractivity contribution < 1.29 is 9.47 Å². The molecule has 0 aliphatic rings. The molecule has 3 rings (SSSR count). The Hall–Kier alpha value is -2.57. The first-order valence-electron chi connectivity index (χ1n) is 9.93. The van der Waals surface area contributed by atoms with Gasteiger partial charge in [-0.2, -0.15) is 5.10 Å². The molecular weight excluding hydrogens is 418 g/mol. The van der Waals surface area contributed by atoms with Crippen molar-refractivity contribution in [2.24, 2.45) is 5.10 Å². The van der Waals surface area contributed by atoms with Crippen LogP contribution in [0.15, 0.2) is 40.8 Å². The maximum Gasteiger partial charge on any atom is 0.203 e. The molecule has 7 heteroatoms. The highest BCUT2D eigenvalue weighted by atomic mass is 35.5. The van der Waals surface area contributed by atoms with Crippen LogP contribution < -0.4 is 14.9 Å². The van der Waals surface area contributed by atoms with Gasteiger partial charge in [-0.1, -0.05) is 42.3 Å². The molecule has 0 spiro atoms. The Morgan fingerprint density at radius 1 is 1.17 bits per heavy atom. The van der Waals surface area contributed by atoms with Crippen LogP contribution in [0.2, 0.25) is 5.02 Å². The number of hydrazone groups is 1. The summed E-state index contributed by atoms with van der Waals surface area (Å²) in [5.74, 6) is 1.19. The first-order valence-corrected chi connectivity index (χ1v) is 11.2. The van der Waals surface area contributed by atoms with Gasteiger partial charge in [0.25, 0.3) is 0 Å². The minimum absolute atomic E-state index is 0.502. The van der Waals surface area contributed by atoms with Crippen molar-refractivity contribution in [1.82, 2.24) is 4.98 Å². The predicted octanol–water partition coefficient (Wildman–Crippen LogP) is 6.71. The molecule has 0 aliphatic carbocycles. The van der Waals surface area contributed by atoms with Crippen LogP contribution in [0.5, 0.6) is 11.5 Å². The molecule has 3 aromatic rings. The van der Waals surface area contributed by atoms with Crippen LogP contribution in [0.3, 0.4) is 0 Å². The van der Waals surface area contributed by atoms with Crippen LogP contribution in [0.4, 0.5) is 5.13 Å². The molecule has 0 saturated heterocycles. The number of anilines is 1. The fourth-order valence-electron chi connectivity index (χ4n) is 2.98. The Kier molecular flexibility index (Phi) is 7.71. The molecule has 0 radical (unpaired) electrons. The maximum atomic E-state index is 6.40. The van der Waals surface area contributed by atoms with Crippen molar-refractivity contribution in [3.05, 3.63) is 57.4 Å². The molecule has 5 nitrogen and oxygen atoms in total. The Morgan fingerprint density at radius 2 is 2.00 bits per heavy atom. The normalized spacial score (nSPS) is 11.1. The number of nitrogens with zero attached hydrogens (tertiary/aromatic N) is 2. The monoisotopic (exact) mass is 443 g/mol. The van der Waals surface area contributed by atoms with Crippen LogP contribution in [-0.4, -0.2) is 24.4 Å². The van der Waals surface area contributed by atoms with E-state index in [2.05, 4.69) is 47.6 Å². The van der Waals surface area contributed by atoms with Gasteiger partial charge < -0.3 is 9.47 Å². The topological polar surface area (TPSA) is 55.7 Å². The first-order chi connectivity index (χ1) is 14.5. The van der Waals surface area contributed by atoms with Crippen molar-refractivity contribution in [2.75, 3.05) is 18.6 Å². The van der Waals surface area contributed by atoms with Gasteiger partial charge >= 0.3 is 0 Å². The quantitative estimate of drug-likeness (QED) is 0.295. The van der Waals surface area contributed by atoms with Gasteiger partial charge in [0.2, 0.25) is 5.13 Å². The summed E-state index contributed by atoms with van der Waals surface area (Å²) in [4.78, 5) is 4.64. The fourth-order valence-corrected chi connectivity index (χ4v) is 3.91. The summed E-state index contributed by atoms with van der Waals surface area (Å²) >= 11 is 7.91. The van der Waals surface area contributed by atoms with Crippen molar-refractivity contribution in [1.29, 1.82) is 0 Å². The summed E-state index contributed by atoms with van der Waals surface area (Å²) in [6.45, 7) is 9.27. The Bertz CT molecular complexity index is 1030. The largest absolute Gasteiger partial charge is 0.490 e. The minimum Gasteiger partial charge on any atom is -0.490 e. The van der Waals surface area contributed by atoms with Gasteiger partial charge in [0.05, 0.1) is 30.1 Å². The second-order valence-electron chi connectivity index (χ2n) is 6.84. The van der Waals surface area contributed by atoms with Gasteiger partial charge in [-0.25, -0.2) is 4.98 Å². The van der Waals surface area contributed by atoms with Crippen molar-refractivity contribution in [3.8, 4) is 22.8 Å². The van der Waals surface area contributed by atoms with E-state index in [1.165, 1.54) is 22.5 Å². The highest BCUT2D eigenvalue weighted by Crippen LogP contribution is 2.36. The van der Waals surface area contributed by atoms with E-state index in [0.29, 0.717) is 29.7 Å². The average Bonchev–Trinajstić information content (AvgIpc) is 3.16. The summed E-state index contributed by atoms with van der Waals surface area (Å²) in [5.41, 5.74) is 8.32. The average molecular weight is 444 g/mol. The van der Waals surface area contributed by atoms with Crippen LogP contribution in [0.25, 0.3) is 11.3 Å². The van der Waals surface area contributed by atoms with E-state index in [9.17, 15) is 0 Å². The number of halogens is 1. The van der Waals surface area contributed by atoms with Crippen molar-refractivity contribution in [3.63, 3.8) is 0 Å². The molecule has 2 aromatic carbocycles. The van der Waals surface area contributed by atoms with Gasteiger partial charge in [-0.05, 0) is 50.5 Å². The van der Waals surface area contributed by atoms with E-state index < -0.39 is 0 Å². The molecule has 1 aromatic heterocycles. The number of benzene rings is 2. The SMILES string of the molecule is CCCOc1c(Cl)cc(/C=N\Nc2nc(-c3ccc(C)cc3C)cs2)cc1OCC. The second kappa shape index (κ2) is 10.5. The molecule has 0 bridgehead atoms. The van der Waals surface area contributed by atoms with E-state index in [-0.39, 0.29) is 0 Å². The lowest BCUT2D eigenvalue weighted by Gasteiger charge is -2.13. The summed E-state index contributed by atoms with van der Waals surface area (Å²) in [6, 6.07) is 10.0. The zero-order valence-corrected chi connectivity index (χ0v) is 19.2. The molecule has 0 aliphatic heterocycles. The van der Waals surface area contributed by atoms with Crippen LogP contribution in [0.1, 0.15) is 37.0 Å². The molecule has 0 saturated carbocycles. The van der Waals surface area contributed by atoms with E-state index in [1.54, 1.807) is 6.21 Å². The zero-order chi connectivity index (χ0) is 21.5. The highest BCUT2D eigenvalue weighted by molar-refractivity contribution is 7.14. The van der Waals surface area contributed by atoms with E-state index in [1.807, 2.05) is 31.4 Å². The summed E-state index contributed by atoms with van der Waals surface area (Å²) < 4.78 is 11.4. The highest BCUT2D eigenvalue weighted by Gasteiger charge is 2.12. The van der Waals surface area contributed by atoms with Crippen molar-refractivity contribution >= 4 is 34.3 Å². The van der Waals surface area contributed by atoms with Crippen LogP contribution in [0, 0.1) is 13.8 Å². The zero-order valence-electron chi connectivity index (χ0n) is 17.7. The van der Waals surface area contributed by atoms with Crippen LogP contribution in [-0.2, 0) is 0 Å². The summed E-state index contributed by atoms with van der Waals surface area (Å²) in [6.07, 6.45) is 2.59. The molecule has 1 heterocycles. The fraction of sp³-hybridized carbons (Fsp3) is 0.304. The van der Waals surface area contributed by atoms with Gasteiger partial charge in [-0.15, -0.1) is 11.3 Å². The number of hydrogen-bond donors (Lipinski definition) is 1. The predicted molar refractivity (Wildman–Crippen MR) is 127 cm³/mol. The molecule has 0 unspecified atom stereocenters. The van der Waals surface area contributed by atoms with E-state index >= 15 is 0 Å². The number of ether oxygens (including phenoxy) is 2. The minimum atomic E-state index is 0.502. The lowest BCUT2D eigenvalue weighted by atomic mass is 10.0. The third kappa shape index (κ3) is 5.52. The number of rotatable bonds is 9. The lowest BCUT2D eigenvalue weighted by molar-refractivity contribution is 0.277. The summed E-state index contributed by atoms with van der Waals surface area (Å²) in [7, 11) is 0. The standard InChI is InChI=1S/C23H26ClN3O2S/c1-5-9-29-22-19(24)11-17(12-21(22)28-6-2)13-25-27-23-26-20(14-30-23)18-8-7-15(3)10-16(18)4/h7-8,10-14H,5-6,9H2,1-4H3,(H,26,27)/b25-13-. The second-order valence-corrected chi connectivity index (χ2v) is 8.10. The van der Waals surface area contributed by atoms with Gasteiger partial charge in [0, 0.05) is 10.9 Å². The van der Waals surface area contributed by atoms with Crippen LogP contribution >= 0.6 is 22.9 Å². The Morgan fingerprint density at radius 3 is 2.73 bits per heavy atom. The van der Waals surface area contributed by atoms with Gasteiger partial charge in [0.1, 0.15) is 0 Å². The molecule has 158 valence electrons. The molecule has 0 atom stereocenters. The summed E-state index contributed by atoms with van der Waals surface area (Å²) in [5, 5.41) is 7.56. The number of aromatic nitrogens is 1. The number of hydrogen-bond acceptors (Lipinski definition) is 6. The number of nitrogens with one attached hydrogen (secondary N) is 1. The maximum absolute atomic E-state index is 6.40. The van der Waals surface area contributed by atoms with E-state index in [0.717, 1.165) is 28.4 Å². The third-order valence-electron chi connectivity index (χ3n) is 4.32. The number of aryl methyl sites for hydroxylation is 2. The van der Waals surface area contributed by atoms with Crippen molar-refractivity contribution in [2.45, 2.75) is 34.1 Å². The Labute approximate surface area is 186 Å². The first kappa shape index (κ1) is 22.1. The number of thiazole rings is 1. The molecule has 0 amide bonds. The Balaban J connectivity index is 1.73. The molecule has 1 N–H and O–H groups in total. The molecule has 0 fully saturated rings. The molecular formula is C23H26ClN3O2S.